The Balaban J connectivity index is 0.000000236. The van der Waals surface area contributed by atoms with Crippen molar-refractivity contribution in [1.82, 2.24) is 28.7 Å². The number of halogens is 3. The van der Waals surface area contributed by atoms with Crippen molar-refractivity contribution >= 4 is 24.3 Å². The maximum atomic E-state index is 13.8. The number of piperidine rings is 1. The Kier molecular flexibility index (Phi) is 6.42. The number of hydrogen-bond donors (Lipinski definition) is 3. The molecule has 0 bridgehead atoms. The van der Waals surface area contributed by atoms with Crippen LogP contribution in [0.4, 0.5) is 19.1 Å². The molecule has 1 atom stereocenters. The number of rotatable bonds is 3. The number of nitrogens with zero attached hydrogens (tertiary/aromatic N) is 6. The molecule has 4 rings (SSSR count). The fraction of sp³-hybridized carbons (Fsp3) is 0.438. The third kappa shape index (κ3) is 4.94. The molecule has 3 aromatic rings. The molecule has 1 saturated heterocycles. The molecule has 0 spiro atoms. The molecule has 1 aliphatic rings. The summed E-state index contributed by atoms with van der Waals surface area (Å²) in [4.78, 5) is 3.71. The predicted molar refractivity (Wildman–Crippen MR) is 100 cm³/mol. The molecular weight excluding hydrogens is 395 g/mol. The minimum absolute atomic E-state index is 0.0191. The van der Waals surface area contributed by atoms with Crippen LogP contribution < -0.4 is 5.73 Å². The lowest BCUT2D eigenvalue weighted by Gasteiger charge is -2.24. The van der Waals surface area contributed by atoms with Crippen molar-refractivity contribution in [3.63, 3.8) is 0 Å². The van der Waals surface area contributed by atoms with E-state index >= 15 is 0 Å². The molecule has 0 radical (unpaired) electrons. The first kappa shape index (κ1) is 20.4. The number of thiol groups is 1. The van der Waals surface area contributed by atoms with Crippen LogP contribution in [0.3, 0.4) is 0 Å². The average molecular weight is 415 g/mol. The standard InChI is InChI=1S/C11H9F3N6.C5H11NOS/c12-7-1-8(20-9(7)3-16-11(15)18-20)6-2-17-19(4-6)5-10(13)14;7-5-2-1-3-6(8)4-5/h1-4,10H,5H2,(H2,15,18);5,7-8H,1-4H2. The van der Waals surface area contributed by atoms with Crippen LogP contribution in [0.15, 0.2) is 24.7 Å². The van der Waals surface area contributed by atoms with Crippen molar-refractivity contribution in [1.29, 1.82) is 0 Å². The Morgan fingerprint density at radius 1 is 1.36 bits per heavy atom. The third-order valence-electron chi connectivity index (χ3n) is 4.12. The zero-order chi connectivity index (χ0) is 20.3. The number of aliphatic hydroxyl groups excluding tert-OH is 1. The first-order valence-electron chi connectivity index (χ1n) is 8.56. The van der Waals surface area contributed by atoms with Crippen molar-refractivity contribution in [2.75, 3.05) is 18.8 Å². The lowest BCUT2D eigenvalue weighted by Crippen LogP contribution is -2.31. The van der Waals surface area contributed by atoms with Crippen LogP contribution in [0, 0.1) is 5.82 Å². The summed E-state index contributed by atoms with van der Waals surface area (Å²) in [5.74, 6) is -0.545. The van der Waals surface area contributed by atoms with Crippen LogP contribution in [-0.4, -0.2) is 59.4 Å². The van der Waals surface area contributed by atoms with Crippen LogP contribution in [0.5, 0.6) is 0 Å². The highest BCUT2D eigenvalue weighted by Gasteiger charge is 2.15. The molecule has 1 unspecified atom stereocenters. The average Bonchev–Trinajstić information content (AvgIpc) is 3.19. The second-order valence-electron chi connectivity index (χ2n) is 6.34. The van der Waals surface area contributed by atoms with Gasteiger partial charge in [-0.3, -0.25) is 8.99 Å². The highest BCUT2D eigenvalue weighted by Crippen LogP contribution is 2.24. The van der Waals surface area contributed by atoms with Crippen molar-refractivity contribution < 1.29 is 18.3 Å². The highest BCUT2D eigenvalue weighted by molar-refractivity contribution is 7.77. The van der Waals surface area contributed by atoms with Gasteiger partial charge in [0.25, 0.3) is 6.43 Å². The van der Waals surface area contributed by atoms with E-state index in [-0.39, 0.29) is 17.6 Å². The Bertz CT molecular complexity index is 924. The molecule has 8 nitrogen and oxygen atoms in total. The number of hydrogen-bond acceptors (Lipinski definition) is 7. The SMILES string of the molecule is Nc1ncc2c(F)cc(-c3cnn(CC(F)F)c3)n2n1.OC1CCCN(S)C1. The number of anilines is 1. The van der Waals surface area contributed by atoms with E-state index < -0.39 is 18.8 Å². The molecule has 0 amide bonds. The normalized spacial score (nSPS) is 17.7. The van der Waals surface area contributed by atoms with Gasteiger partial charge in [0.2, 0.25) is 5.95 Å². The fourth-order valence-corrected chi connectivity index (χ4v) is 3.17. The van der Waals surface area contributed by atoms with Crippen LogP contribution in [-0.2, 0) is 6.54 Å². The van der Waals surface area contributed by atoms with Gasteiger partial charge in [0.05, 0.1) is 24.2 Å². The first-order chi connectivity index (χ1) is 13.3. The zero-order valence-corrected chi connectivity index (χ0v) is 15.7. The van der Waals surface area contributed by atoms with Gasteiger partial charge in [-0.05, 0) is 12.8 Å². The number of β-amino-alcohol motifs (C(OH)–C–C–N with tert-alkyl or cyclic N) is 1. The largest absolute Gasteiger partial charge is 0.392 e. The predicted octanol–water partition coefficient (Wildman–Crippen LogP) is 1.87. The van der Waals surface area contributed by atoms with E-state index in [4.69, 9.17) is 10.8 Å². The summed E-state index contributed by atoms with van der Waals surface area (Å²) >= 11 is 4.09. The maximum Gasteiger partial charge on any atom is 0.257 e. The van der Waals surface area contributed by atoms with Gasteiger partial charge in [0.1, 0.15) is 12.1 Å². The molecule has 1 aliphatic heterocycles. The number of fused-ring (bicyclic) bond motifs is 1. The number of nitrogens with two attached hydrogens (primary N) is 1. The Morgan fingerprint density at radius 2 is 2.14 bits per heavy atom. The number of aliphatic hydroxyl groups is 1. The zero-order valence-electron chi connectivity index (χ0n) is 14.8. The van der Waals surface area contributed by atoms with Crippen molar-refractivity contribution in [3.05, 3.63) is 30.5 Å². The molecule has 12 heteroatoms. The maximum absolute atomic E-state index is 13.8. The minimum Gasteiger partial charge on any atom is -0.392 e. The van der Waals surface area contributed by atoms with Gasteiger partial charge in [0.15, 0.2) is 5.82 Å². The smallest absolute Gasteiger partial charge is 0.257 e. The van der Waals surface area contributed by atoms with Crippen molar-refractivity contribution in [2.24, 2.45) is 0 Å². The lowest BCUT2D eigenvalue weighted by molar-refractivity contribution is 0.113. The summed E-state index contributed by atoms with van der Waals surface area (Å²) in [5.41, 5.74) is 6.44. The van der Waals surface area contributed by atoms with E-state index in [2.05, 4.69) is 28.0 Å². The van der Waals surface area contributed by atoms with Gasteiger partial charge in [-0.25, -0.2) is 22.7 Å². The minimum atomic E-state index is -2.51. The summed E-state index contributed by atoms with van der Waals surface area (Å²) in [6, 6.07) is 1.23. The van der Waals surface area contributed by atoms with E-state index in [1.165, 1.54) is 29.2 Å². The molecule has 0 aromatic carbocycles. The monoisotopic (exact) mass is 415 g/mol. The van der Waals surface area contributed by atoms with E-state index in [0.29, 0.717) is 11.3 Å². The number of nitrogen functional groups attached to an aromatic ring is 1. The first-order valence-corrected chi connectivity index (χ1v) is 8.96. The van der Waals surface area contributed by atoms with Gasteiger partial charge >= 0.3 is 0 Å². The van der Waals surface area contributed by atoms with Gasteiger partial charge in [-0.2, -0.15) is 5.10 Å². The van der Waals surface area contributed by atoms with E-state index in [0.717, 1.165) is 30.6 Å². The van der Waals surface area contributed by atoms with Gasteiger partial charge in [0, 0.05) is 30.9 Å². The molecule has 3 aromatic heterocycles. The molecule has 1 fully saturated rings. The molecule has 3 N–H and O–H groups in total. The quantitative estimate of drug-likeness (QED) is 0.565. The van der Waals surface area contributed by atoms with Gasteiger partial charge < -0.3 is 10.8 Å². The van der Waals surface area contributed by atoms with Crippen LogP contribution in [0.1, 0.15) is 12.8 Å². The summed E-state index contributed by atoms with van der Waals surface area (Å²) in [6.07, 6.45) is 3.38. The van der Waals surface area contributed by atoms with Crippen LogP contribution in [0.2, 0.25) is 0 Å². The summed E-state index contributed by atoms with van der Waals surface area (Å²) < 4.78 is 42.5. The Labute approximate surface area is 164 Å². The van der Waals surface area contributed by atoms with Crippen LogP contribution in [0.25, 0.3) is 16.8 Å². The highest BCUT2D eigenvalue weighted by atomic mass is 32.1. The topological polar surface area (TPSA) is 97.5 Å². The van der Waals surface area contributed by atoms with E-state index in [1.54, 1.807) is 0 Å². The molecule has 4 heterocycles. The second-order valence-corrected chi connectivity index (χ2v) is 6.91. The van der Waals surface area contributed by atoms with Crippen molar-refractivity contribution in [2.45, 2.75) is 31.9 Å². The summed E-state index contributed by atoms with van der Waals surface area (Å²) in [7, 11) is 0. The number of alkyl halides is 2. The van der Waals surface area contributed by atoms with E-state index in [1.807, 2.05) is 4.31 Å². The third-order valence-corrected chi connectivity index (χ3v) is 4.48. The Morgan fingerprint density at radius 3 is 2.79 bits per heavy atom. The molecular formula is C16H20F3N7OS. The van der Waals surface area contributed by atoms with Gasteiger partial charge in [-0.1, -0.05) is 12.8 Å². The second kappa shape index (κ2) is 8.80. The summed E-state index contributed by atoms with van der Waals surface area (Å²) in [6.45, 7) is 1.21. The van der Waals surface area contributed by atoms with Crippen molar-refractivity contribution in [3.8, 4) is 11.3 Å². The van der Waals surface area contributed by atoms with Crippen LogP contribution >= 0.6 is 12.8 Å². The lowest BCUT2D eigenvalue weighted by atomic mass is 10.1. The summed E-state index contributed by atoms with van der Waals surface area (Å²) in [5, 5.41) is 16.7. The fourth-order valence-electron chi connectivity index (χ4n) is 2.84. The molecule has 0 aliphatic carbocycles. The van der Waals surface area contributed by atoms with Gasteiger partial charge in [-0.15, -0.1) is 5.10 Å². The molecule has 152 valence electrons. The molecule has 28 heavy (non-hydrogen) atoms. The Hall–Kier alpha value is -2.31. The molecule has 0 saturated carbocycles. The number of aromatic nitrogens is 5. The van der Waals surface area contributed by atoms with E-state index in [9.17, 15) is 13.2 Å².